The van der Waals surface area contributed by atoms with Gasteiger partial charge in [-0.2, -0.15) is 0 Å². The van der Waals surface area contributed by atoms with Crippen molar-refractivity contribution in [2.75, 3.05) is 7.05 Å². The van der Waals surface area contributed by atoms with Crippen molar-refractivity contribution >= 4 is 5.91 Å². The van der Waals surface area contributed by atoms with Crippen molar-refractivity contribution in [3.05, 3.63) is 0 Å². The van der Waals surface area contributed by atoms with E-state index in [1.165, 1.54) is 0 Å². The third-order valence-electron chi connectivity index (χ3n) is 2.30. The van der Waals surface area contributed by atoms with E-state index < -0.39 is 0 Å². The van der Waals surface area contributed by atoms with Crippen molar-refractivity contribution < 1.29 is 4.79 Å². The monoisotopic (exact) mass is 184 g/mol. The third-order valence-corrected chi connectivity index (χ3v) is 2.30. The van der Waals surface area contributed by atoms with Gasteiger partial charge in [0.05, 0.1) is 6.04 Å². The van der Waals surface area contributed by atoms with Gasteiger partial charge in [-0.1, -0.05) is 13.8 Å². The number of amides is 1. The van der Waals surface area contributed by atoms with Crippen molar-refractivity contribution in [2.45, 2.75) is 45.2 Å². The minimum Gasteiger partial charge on any atom is -0.352 e. The van der Waals surface area contributed by atoms with E-state index in [0.717, 1.165) is 19.3 Å². The fourth-order valence-electron chi connectivity index (χ4n) is 1.36. The summed E-state index contributed by atoms with van der Waals surface area (Å²) in [5.41, 5.74) is 0. The second-order valence-electron chi connectivity index (χ2n) is 4.25. The molecule has 0 aromatic rings. The van der Waals surface area contributed by atoms with E-state index in [4.69, 9.17) is 0 Å². The maximum Gasteiger partial charge on any atom is 0.237 e. The Labute approximate surface area is 80.3 Å². The van der Waals surface area contributed by atoms with Gasteiger partial charge in [-0.15, -0.1) is 0 Å². The first-order chi connectivity index (χ1) is 6.13. The molecular weight excluding hydrogens is 164 g/mol. The summed E-state index contributed by atoms with van der Waals surface area (Å²) in [6, 6.07) is 0.455. The SMILES string of the molecule is CNC(CC(C)C)C(=O)NC1CC1. The number of carbonyl (C=O) groups excluding carboxylic acids is 1. The molecule has 1 amide bonds. The van der Waals surface area contributed by atoms with Gasteiger partial charge >= 0.3 is 0 Å². The average Bonchev–Trinajstić information content (AvgIpc) is 2.83. The van der Waals surface area contributed by atoms with E-state index in [1.54, 1.807) is 0 Å². The highest BCUT2D eigenvalue weighted by Crippen LogP contribution is 2.19. The molecule has 0 heterocycles. The van der Waals surface area contributed by atoms with Gasteiger partial charge in [-0.3, -0.25) is 4.79 Å². The van der Waals surface area contributed by atoms with Crippen LogP contribution in [0.2, 0.25) is 0 Å². The summed E-state index contributed by atoms with van der Waals surface area (Å²) in [7, 11) is 1.85. The zero-order valence-electron chi connectivity index (χ0n) is 8.76. The van der Waals surface area contributed by atoms with Crippen molar-refractivity contribution in [2.24, 2.45) is 5.92 Å². The Morgan fingerprint density at radius 3 is 2.46 bits per heavy atom. The van der Waals surface area contributed by atoms with Crippen molar-refractivity contribution in [3.63, 3.8) is 0 Å². The number of nitrogens with one attached hydrogen (secondary N) is 2. The molecule has 0 saturated heterocycles. The molecule has 0 aromatic heterocycles. The summed E-state index contributed by atoms with van der Waals surface area (Å²) < 4.78 is 0. The van der Waals surface area contributed by atoms with Gasteiger partial charge in [0.2, 0.25) is 5.91 Å². The van der Waals surface area contributed by atoms with E-state index in [1.807, 2.05) is 7.05 Å². The van der Waals surface area contributed by atoms with Crippen molar-refractivity contribution in [1.82, 2.24) is 10.6 Å². The second-order valence-corrected chi connectivity index (χ2v) is 4.25. The fourth-order valence-corrected chi connectivity index (χ4v) is 1.36. The smallest absolute Gasteiger partial charge is 0.237 e. The highest BCUT2D eigenvalue weighted by molar-refractivity contribution is 5.82. The van der Waals surface area contributed by atoms with Crippen LogP contribution in [0.4, 0.5) is 0 Å². The summed E-state index contributed by atoms with van der Waals surface area (Å²) in [5.74, 6) is 0.723. The molecule has 1 saturated carbocycles. The summed E-state index contributed by atoms with van der Waals surface area (Å²) >= 11 is 0. The van der Waals surface area contributed by atoms with Crippen LogP contribution in [0.25, 0.3) is 0 Å². The molecular formula is C10H20N2O. The first-order valence-electron chi connectivity index (χ1n) is 5.11. The molecule has 13 heavy (non-hydrogen) atoms. The van der Waals surface area contributed by atoms with Gasteiger partial charge < -0.3 is 10.6 Å². The van der Waals surface area contributed by atoms with Gasteiger partial charge in [0.1, 0.15) is 0 Å². The van der Waals surface area contributed by atoms with Crippen molar-refractivity contribution in [3.8, 4) is 0 Å². The van der Waals surface area contributed by atoms with E-state index in [9.17, 15) is 4.79 Å². The highest BCUT2D eigenvalue weighted by Gasteiger charge is 2.26. The molecule has 76 valence electrons. The largest absolute Gasteiger partial charge is 0.352 e. The minimum atomic E-state index is -0.0133. The quantitative estimate of drug-likeness (QED) is 0.666. The predicted molar refractivity (Wildman–Crippen MR) is 53.5 cm³/mol. The number of likely N-dealkylation sites (N-methyl/N-ethyl adjacent to an activating group) is 1. The standard InChI is InChI=1S/C10H20N2O/c1-7(2)6-9(11-3)10(13)12-8-4-5-8/h7-9,11H,4-6H2,1-3H3,(H,12,13). The average molecular weight is 184 g/mol. The lowest BCUT2D eigenvalue weighted by Gasteiger charge is -2.17. The Balaban J connectivity index is 2.30. The maximum absolute atomic E-state index is 11.6. The van der Waals surface area contributed by atoms with Crippen LogP contribution in [0.5, 0.6) is 0 Å². The van der Waals surface area contributed by atoms with Crippen LogP contribution in [-0.4, -0.2) is 25.0 Å². The van der Waals surface area contributed by atoms with Crippen LogP contribution in [0.3, 0.4) is 0 Å². The highest BCUT2D eigenvalue weighted by atomic mass is 16.2. The Morgan fingerprint density at radius 2 is 2.08 bits per heavy atom. The van der Waals surface area contributed by atoms with E-state index in [-0.39, 0.29) is 11.9 Å². The topological polar surface area (TPSA) is 41.1 Å². The van der Waals surface area contributed by atoms with Gasteiger partial charge in [-0.05, 0) is 32.2 Å². The van der Waals surface area contributed by atoms with Gasteiger partial charge in [-0.25, -0.2) is 0 Å². The van der Waals surface area contributed by atoms with Gasteiger partial charge in [0.25, 0.3) is 0 Å². The molecule has 0 bridgehead atoms. The van der Waals surface area contributed by atoms with Crippen molar-refractivity contribution in [1.29, 1.82) is 0 Å². The Bertz CT molecular complexity index is 176. The molecule has 0 radical (unpaired) electrons. The fraction of sp³-hybridized carbons (Fsp3) is 0.900. The van der Waals surface area contributed by atoms with E-state index >= 15 is 0 Å². The molecule has 0 aromatic carbocycles. The zero-order valence-corrected chi connectivity index (χ0v) is 8.76. The lowest BCUT2D eigenvalue weighted by Crippen LogP contribution is -2.44. The van der Waals surface area contributed by atoms with Crippen LogP contribution in [0, 0.1) is 5.92 Å². The first-order valence-corrected chi connectivity index (χ1v) is 5.11. The Kier molecular flexibility index (Phi) is 3.72. The Hall–Kier alpha value is -0.570. The van der Waals surface area contributed by atoms with Crippen LogP contribution >= 0.6 is 0 Å². The molecule has 1 unspecified atom stereocenters. The number of rotatable bonds is 5. The molecule has 1 aliphatic carbocycles. The first kappa shape index (κ1) is 10.5. The second kappa shape index (κ2) is 4.61. The molecule has 1 aliphatic rings. The summed E-state index contributed by atoms with van der Waals surface area (Å²) in [6.07, 6.45) is 3.22. The van der Waals surface area contributed by atoms with Crippen LogP contribution in [0.1, 0.15) is 33.1 Å². The lowest BCUT2D eigenvalue weighted by molar-refractivity contribution is -0.123. The summed E-state index contributed by atoms with van der Waals surface area (Å²) in [5, 5.41) is 6.06. The van der Waals surface area contributed by atoms with Gasteiger partial charge in [0.15, 0.2) is 0 Å². The van der Waals surface area contributed by atoms with E-state index in [0.29, 0.717) is 12.0 Å². The van der Waals surface area contributed by atoms with E-state index in [2.05, 4.69) is 24.5 Å². The zero-order chi connectivity index (χ0) is 9.84. The number of carbonyl (C=O) groups is 1. The lowest BCUT2D eigenvalue weighted by atomic mass is 10.0. The van der Waals surface area contributed by atoms with Crippen LogP contribution < -0.4 is 10.6 Å². The molecule has 2 N–H and O–H groups in total. The van der Waals surface area contributed by atoms with Crippen LogP contribution in [0.15, 0.2) is 0 Å². The maximum atomic E-state index is 11.6. The summed E-state index contributed by atoms with van der Waals surface area (Å²) in [4.78, 5) is 11.6. The normalized spacial score (nSPS) is 18.8. The molecule has 1 fully saturated rings. The molecule has 3 heteroatoms. The predicted octanol–water partition coefficient (Wildman–Crippen LogP) is 0.899. The molecule has 0 spiro atoms. The molecule has 0 aliphatic heterocycles. The Morgan fingerprint density at radius 1 is 1.46 bits per heavy atom. The molecule has 1 rings (SSSR count). The molecule has 1 atom stereocenters. The number of hydrogen-bond donors (Lipinski definition) is 2. The van der Waals surface area contributed by atoms with Crippen LogP contribution in [-0.2, 0) is 4.79 Å². The molecule has 3 nitrogen and oxygen atoms in total. The number of hydrogen-bond acceptors (Lipinski definition) is 2. The minimum absolute atomic E-state index is 0.0133. The summed E-state index contributed by atoms with van der Waals surface area (Å²) in [6.45, 7) is 4.27. The third kappa shape index (κ3) is 3.77. The van der Waals surface area contributed by atoms with Gasteiger partial charge in [0, 0.05) is 6.04 Å².